The normalized spacial score (nSPS) is 10.6. The van der Waals surface area contributed by atoms with E-state index >= 15 is 0 Å². The molecule has 118 valence electrons. The van der Waals surface area contributed by atoms with Gasteiger partial charge in [-0.2, -0.15) is 0 Å². The SMILES string of the molecule is CCCn1c(SCC(=O)NCc2cccc(Cl)c2)n[nH]c1=O. The van der Waals surface area contributed by atoms with Crippen LogP contribution in [-0.4, -0.2) is 26.4 Å². The number of thioether (sulfide) groups is 1. The highest BCUT2D eigenvalue weighted by Gasteiger charge is 2.10. The summed E-state index contributed by atoms with van der Waals surface area (Å²) in [5, 5.41) is 10.3. The molecule has 1 aromatic carbocycles. The zero-order valence-corrected chi connectivity index (χ0v) is 13.7. The summed E-state index contributed by atoms with van der Waals surface area (Å²) in [4.78, 5) is 23.4. The Bertz CT molecular complexity index is 698. The fraction of sp³-hybridized carbons (Fsp3) is 0.357. The number of halogens is 1. The number of amides is 1. The summed E-state index contributed by atoms with van der Waals surface area (Å²) in [5.74, 6) is 0.0812. The second kappa shape index (κ2) is 8.05. The topological polar surface area (TPSA) is 79.8 Å². The molecular weight excluding hydrogens is 324 g/mol. The largest absolute Gasteiger partial charge is 0.351 e. The highest BCUT2D eigenvalue weighted by molar-refractivity contribution is 7.99. The number of nitrogens with one attached hydrogen (secondary N) is 2. The number of H-pyrrole nitrogens is 1. The zero-order valence-electron chi connectivity index (χ0n) is 12.1. The van der Waals surface area contributed by atoms with E-state index in [0.717, 1.165) is 12.0 Å². The molecule has 2 N–H and O–H groups in total. The van der Waals surface area contributed by atoms with Crippen LogP contribution in [0.5, 0.6) is 0 Å². The number of carbonyl (C=O) groups is 1. The molecule has 0 fully saturated rings. The number of hydrogen-bond donors (Lipinski definition) is 2. The standard InChI is InChI=1S/C14H17ClN4O2S/c1-2-6-19-13(21)17-18-14(19)22-9-12(20)16-8-10-4-3-5-11(15)7-10/h3-5,7H,2,6,8-9H2,1H3,(H,16,20)(H,17,21). The van der Waals surface area contributed by atoms with E-state index < -0.39 is 0 Å². The number of benzene rings is 1. The lowest BCUT2D eigenvalue weighted by molar-refractivity contribution is -0.118. The number of aromatic amines is 1. The molecule has 0 saturated heterocycles. The lowest BCUT2D eigenvalue weighted by atomic mass is 10.2. The number of carbonyl (C=O) groups excluding carboxylic acids is 1. The molecule has 2 rings (SSSR count). The van der Waals surface area contributed by atoms with Gasteiger partial charge in [-0.25, -0.2) is 9.89 Å². The third-order valence-electron chi connectivity index (χ3n) is 2.88. The van der Waals surface area contributed by atoms with Crippen molar-refractivity contribution in [2.24, 2.45) is 0 Å². The molecule has 1 heterocycles. The number of aromatic nitrogens is 3. The first-order chi connectivity index (χ1) is 10.6. The van der Waals surface area contributed by atoms with E-state index in [0.29, 0.717) is 23.3 Å². The molecule has 6 nitrogen and oxygen atoms in total. The van der Waals surface area contributed by atoms with Gasteiger partial charge in [-0.1, -0.05) is 42.4 Å². The van der Waals surface area contributed by atoms with E-state index in [9.17, 15) is 9.59 Å². The van der Waals surface area contributed by atoms with Gasteiger partial charge in [0.25, 0.3) is 0 Å². The summed E-state index contributed by atoms with van der Waals surface area (Å²) >= 11 is 7.13. The molecule has 22 heavy (non-hydrogen) atoms. The number of hydrogen-bond acceptors (Lipinski definition) is 4. The monoisotopic (exact) mass is 340 g/mol. The third kappa shape index (κ3) is 4.64. The minimum absolute atomic E-state index is 0.122. The molecule has 0 spiro atoms. The summed E-state index contributed by atoms with van der Waals surface area (Å²) in [6.45, 7) is 2.98. The molecule has 0 aliphatic heterocycles. The maximum Gasteiger partial charge on any atom is 0.343 e. The Hall–Kier alpha value is -1.73. The molecule has 0 bridgehead atoms. The van der Waals surface area contributed by atoms with Crippen LogP contribution in [0, 0.1) is 0 Å². The van der Waals surface area contributed by atoms with Crippen LogP contribution in [0.1, 0.15) is 18.9 Å². The van der Waals surface area contributed by atoms with Crippen LogP contribution in [0.3, 0.4) is 0 Å². The van der Waals surface area contributed by atoms with Crippen molar-refractivity contribution >= 4 is 29.3 Å². The van der Waals surface area contributed by atoms with Gasteiger partial charge in [0, 0.05) is 18.1 Å². The minimum atomic E-state index is -0.247. The lowest BCUT2D eigenvalue weighted by Crippen LogP contribution is -2.25. The van der Waals surface area contributed by atoms with E-state index in [1.54, 1.807) is 6.07 Å². The summed E-state index contributed by atoms with van der Waals surface area (Å²) in [5.41, 5.74) is 0.692. The molecule has 0 aliphatic carbocycles. The Labute approximate surface area is 137 Å². The van der Waals surface area contributed by atoms with Crippen LogP contribution in [0.15, 0.2) is 34.2 Å². The molecule has 1 amide bonds. The predicted octanol–water partition coefficient (Wildman–Crippen LogP) is 2.04. The highest BCUT2D eigenvalue weighted by Crippen LogP contribution is 2.13. The van der Waals surface area contributed by atoms with E-state index in [1.807, 2.05) is 25.1 Å². The van der Waals surface area contributed by atoms with E-state index in [1.165, 1.54) is 16.3 Å². The Morgan fingerprint density at radius 1 is 1.50 bits per heavy atom. The van der Waals surface area contributed by atoms with Crippen molar-refractivity contribution in [3.63, 3.8) is 0 Å². The van der Waals surface area contributed by atoms with Gasteiger partial charge in [0.15, 0.2) is 5.16 Å². The van der Waals surface area contributed by atoms with Crippen molar-refractivity contribution in [3.8, 4) is 0 Å². The van der Waals surface area contributed by atoms with Gasteiger partial charge in [-0.05, 0) is 24.1 Å². The van der Waals surface area contributed by atoms with Crippen LogP contribution >= 0.6 is 23.4 Å². The van der Waals surface area contributed by atoms with E-state index in [-0.39, 0.29) is 17.3 Å². The fourth-order valence-corrected chi connectivity index (χ4v) is 2.88. The summed E-state index contributed by atoms with van der Waals surface area (Å²) in [6.07, 6.45) is 0.827. The first-order valence-corrected chi connectivity index (χ1v) is 8.25. The maximum atomic E-state index is 11.9. The van der Waals surface area contributed by atoms with Gasteiger partial charge in [0.1, 0.15) is 0 Å². The Balaban J connectivity index is 1.84. The average molecular weight is 341 g/mol. The van der Waals surface area contributed by atoms with E-state index in [2.05, 4.69) is 15.5 Å². The second-order valence-corrected chi connectivity index (χ2v) is 6.04. The Morgan fingerprint density at radius 3 is 3.05 bits per heavy atom. The van der Waals surface area contributed by atoms with E-state index in [4.69, 9.17) is 11.6 Å². The fourth-order valence-electron chi connectivity index (χ4n) is 1.86. The highest BCUT2D eigenvalue weighted by atomic mass is 35.5. The smallest absolute Gasteiger partial charge is 0.343 e. The zero-order chi connectivity index (χ0) is 15.9. The molecule has 0 unspecified atom stereocenters. The Morgan fingerprint density at radius 2 is 2.32 bits per heavy atom. The summed E-state index contributed by atoms with van der Waals surface area (Å²) in [6, 6.07) is 7.33. The van der Waals surface area contributed by atoms with Gasteiger partial charge < -0.3 is 5.32 Å². The van der Waals surface area contributed by atoms with Gasteiger partial charge in [0.05, 0.1) is 5.75 Å². The molecule has 2 aromatic rings. The molecule has 1 aromatic heterocycles. The van der Waals surface area contributed by atoms with Crippen molar-refractivity contribution < 1.29 is 4.79 Å². The van der Waals surface area contributed by atoms with Gasteiger partial charge >= 0.3 is 5.69 Å². The van der Waals surface area contributed by atoms with Crippen molar-refractivity contribution in [2.45, 2.75) is 31.6 Å². The molecule has 0 atom stereocenters. The first kappa shape index (κ1) is 16.6. The third-order valence-corrected chi connectivity index (χ3v) is 4.09. The number of nitrogens with zero attached hydrogens (tertiary/aromatic N) is 2. The van der Waals surface area contributed by atoms with Crippen molar-refractivity contribution in [1.29, 1.82) is 0 Å². The van der Waals surface area contributed by atoms with Crippen molar-refractivity contribution in [2.75, 3.05) is 5.75 Å². The van der Waals surface area contributed by atoms with Crippen LogP contribution in [-0.2, 0) is 17.9 Å². The Kier molecular flexibility index (Phi) is 6.09. The van der Waals surface area contributed by atoms with Gasteiger partial charge in [-0.3, -0.25) is 9.36 Å². The van der Waals surface area contributed by atoms with Crippen molar-refractivity contribution in [3.05, 3.63) is 45.3 Å². The molecule has 0 aliphatic rings. The molecule has 0 saturated carbocycles. The predicted molar refractivity (Wildman–Crippen MR) is 87.2 cm³/mol. The second-order valence-electron chi connectivity index (χ2n) is 4.66. The maximum absolute atomic E-state index is 11.9. The minimum Gasteiger partial charge on any atom is -0.351 e. The molecular formula is C14H17ClN4O2S. The summed E-state index contributed by atoms with van der Waals surface area (Å²) < 4.78 is 1.54. The van der Waals surface area contributed by atoms with Crippen LogP contribution in [0.25, 0.3) is 0 Å². The molecule has 8 heteroatoms. The molecule has 0 radical (unpaired) electrons. The van der Waals surface area contributed by atoms with Gasteiger partial charge in [0.2, 0.25) is 5.91 Å². The number of rotatable bonds is 7. The van der Waals surface area contributed by atoms with Crippen molar-refractivity contribution in [1.82, 2.24) is 20.1 Å². The average Bonchev–Trinajstić information content (AvgIpc) is 2.84. The summed E-state index contributed by atoms with van der Waals surface area (Å²) in [7, 11) is 0. The van der Waals surface area contributed by atoms with Crippen LogP contribution in [0.2, 0.25) is 5.02 Å². The van der Waals surface area contributed by atoms with Crippen LogP contribution in [0.4, 0.5) is 0 Å². The van der Waals surface area contributed by atoms with Crippen LogP contribution < -0.4 is 11.0 Å². The first-order valence-electron chi connectivity index (χ1n) is 6.89. The van der Waals surface area contributed by atoms with Gasteiger partial charge in [-0.15, -0.1) is 5.10 Å². The lowest BCUT2D eigenvalue weighted by Gasteiger charge is -2.06. The quantitative estimate of drug-likeness (QED) is 0.756.